The third-order valence-corrected chi connectivity index (χ3v) is 3.16. The molecule has 0 radical (unpaired) electrons. The first kappa shape index (κ1) is 11.9. The van der Waals surface area contributed by atoms with Crippen molar-refractivity contribution in [3.05, 3.63) is 29.8 Å². The number of nitrogens with two attached hydrogens (primary N) is 1. The summed E-state index contributed by atoms with van der Waals surface area (Å²) in [6.07, 6.45) is 2.43. The van der Waals surface area contributed by atoms with Crippen molar-refractivity contribution in [3.8, 4) is 0 Å². The van der Waals surface area contributed by atoms with E-state index in [0.29, 0.717) is 11.6 Å². The predicted octanol–water partition coefficient (Wildman–Crippen LogP) is 1.29. The lowest BCUT2D eigenvalue weighted by Gasteiger charge is -2.30. The van der Waals surface area contributed by atoms with Crippen LogP contribution in [-0.2, 0) is 0 Å². The normalized spacial score (nSPS) is 21.1. The van der Waals surface area contributed by atoms with E-state index in [2.05, 4.69) is 17.3 Å². The van der Waals surface area contributed by atoms with Crippen LogP contribution >= 0.6 is 0 Å². The number of piperidine rings is 1. The van der Waals surface area contributed by atoms with Crippen molar-refractivity contribution in [2.45, 2.75) is 18.9 Å². The Morgan fingerprint density at radius 1 is 1.41 bits per heavy atom. The lowest BCUT2D eigenvalue weighted by Crippen LogP contribution is -2.39. The second kappa shape index (κ2) is 5.19. The largest absolute Gasteiger partial charge is 0.381 e. The van der Waals surface area contributed by atoms with Crippen molar-refractivity contribution in [3.63, 3.8) is 0 Å². The number of nitrogens with one attached hydrogen (secondary N) is 1. The van der Waals surface area contributed by atoms with Crippen LogP contribution in [0.5, 0.6) is 0 Å². The summed E-state index contributed by atoms with van der Waals surface area (Å²) in [5, 5.41) is 3.48. The third kappa shape index (κ3) is 3.20. The molecule has 17 heavy (non-hydrogen) atoms. The Hall–Kier alpha value is -1.55. The molecule has 4 nitrogen and oxygen atoms in total. The van der Waals surface area contributed by atoms with Gasteiger partial charge in [0.05, 0.1) is 0 Å². The van der Waals surface area contributed by atoms with Gasteiger partial charge in [0.2, 0.25) is 5.91 Å². The number of anilines is 1. The maximum Gasteiger partial charge on any atom is 0.248 e. The summed E-state index contributed by atoms with van der Waals surface area (Å²) in [5.74, 6) is -0.381. The molecule has 0 bridgehead atoms. The molecule has 1 heterocycles. The van der Waals surface area contributed by atoms with Crippen molar-refractivity contribution in [1.29, 1.82) is 0 Å². The minimum atomic E-state index is -0.381. The molecule has 4 heteroatoms. The number of primary amides is 1. The van der Waals surface area contributed by atoms with Crippen molar-refractivity contribution < 1.29 is 4.79 Å². The number of likely N-dealkylation sites (N-methyl/N-ethyl adjacent to an activating group) is 1. The highest BCUT2D eigenvalue weighted by Gasteiger charge is 2.16. The van der Waals surface area contributed by atoms with E-state index in [0.717, 1.165) is 12.2 Å². The zero-order chi connectivity index (χ0) is 12.3. The van der Waals surface area contributed by atoms with E-state index in [4.69, 9.17) is 5.73 Å². The van der Waals surface area contributed by atoms with Gasteiger partial charge in [-0.25, -0.2) is 0 Å². The summed E-state index contributed by atoms with van der Waals surface area (Å²) in [6.45, 7) is 2.25. The molecule has 1 aromatic rings. The van der Waals surface area contributed by atoms with Gasteiger partial charge >= 0.3 is 0 Å². The highest BCUT2D eigenvalue weighted by molar-refractivity contribution is 5.93. The molecule has 1 aliphatic heterocycles. The summed E-state index contributed by atoms with van der Waals surface area (Å²) < 4.78 is 0. The van der Waals surface area contributed by atoms with Crippen LogP contribution in [-0.4, -0.2) is 37.0 Å². The van der Waals surface area contributed by atoms with Crippen molar-refractivity contribution in [2.75, 3.05) is 25.5 Å². The number of carbonyl (C=O) groups is 1. The average Bonchev–Trinajstić information content (AvgIpc) is 2.29. The molecule has 0 aromatic heterocycles. The Morgan fingerprint density at radius 2 is 2.12 bits per heavy atom. The molecule has 92 valence electrons. The molecule has 0 spiro atoms. The van der Waals surface area contributed by atoms with E-state index in [-0.39, 0.29) is 5.91 Å². The first-order chi connectivity index (χ1) is 8.15. The third-order valence-electron chi connectivity index (χ3n) is 3.16. The van der Waals surface area contributed by atoms with E-state index in [9.17, 15) is 4.79 Å². The van der Waals surface area contributed by atoms with Gasteiger partial charge in [0, 0.05) is 23.8 Å². The summed E-state index contributed by atoms with van der Waals surface area (Å²) in [6, 6.07) is 7.84. The Bertz CT molecular complexity index is 388. The Balaban J connectivity index is 1.96. The Kier molecular flexibility index (Phi) is 3.64. The predicted molar refractivity (Wildman–Crippen MR) is 69.1 cm³/mol. The quantitative estimate of drug-likeness (QED) is 0.827. The first-order valence-electron chi connectivity index (χ1n) is 6.00. The Labute approximate surface area is 102 Å². The molecular weight excluding hydrogens is 214 g/mol. The maximum absolute atomic E-state index is 10.9. The number of rotatable bonds is 3. The maximum atomic E-state index is 10.9. The highest BCUT2D eigenvalue weighted by Crippen LogP contribution is 2.15. The van der Waals surface area contributed by atoms with Gasteiger partial charge in [-0.1, -0.05) is 0 Å². The van der Waals surface area contributed by atoms with E-state index >= 15 is 0 Å². The standard InChI is InChI=1S/C13H19N3O/c1-16-8-2-3-12(9-16)15-11-6-4-10(5-7-11)13(14)17/h4-7,12,15H,2-3,8-9H2,1H3,(H2,14,17). The Morgan fingerprint density at radius 3 is 2.71 bits per heavy atom. The molecule has 1 aromatic carbocycles. The number of nitrogens with zero attached hydrogens (tertiary/aromatic N) is 1. The van der Waals surface area contributed by atoms with Crippen LogP contribution in [0.25, 0.3) is 0 Å². The fourth-order valence-corrected chi connectivity index (χ4v) is 2.25. The molecule has 1 unspecified atom stereocenters. The van der Waals surface area contributed by atoms with Crippen LogP contribution in [0, 0.1) is 0 Å². The van der Waals surface area contributed by atoms with E-state index in [1.807, 2.05) is 12.1 Å². The molecule has 0 aliphatic carbocycles. The minimum Gasteiger partial charge on any atom is -0.381 e. The van der Waals surface area contributed by atoms with E-state index in [1.165, 1.54) is 19.4 Å². The summed E-state index contributed by atoms with van der Waals surface area (Å²) in [7, 11) is 2.14. The average molecular weight is 233 g/mol. The van der Waals surface area contributed by atoms with Crippen molar-refractivity contribution >= 4 is 11.6 Å². The number of amides is 1. The van der Waals surface area contributed by atoms with Gasteiger partial charge in [0.25, 0.3) is 0 Å². The van der Waals surface area contributed by atoms with Gasteiger partial charge in [-0.2, -0.15) is 0 Å². The van der Waals surface area contributed by atoms with Gasteiger partial charge in [0.1, 0.15) is 0 Å². The summed E-state index contributed by atoms with van der Waals surface area (Å²) >= 11 is 0. The second-order valence-electron chi connectivity index (χ2n) is 4.69. The van der Waals surface area contributed by atoms with Crippen molar-refractivity contribution in [1.82, 2.24) is 4.90 Å². The van der Waals surface area contributed by atoms with Gasteiger partial charge in [-0.05, 0) is 50.7 Å². The van der Waals surface area contributed by atoms with Crippen LogP contribution in [0.15, 0.2) is 24.3 Å². The first-order valence-corrected chi connectivity index (χ1v) is 6.00. The zero-order valence-electron chi connectivity index (χ0n) is 10.1. The molecule has 1 saturated heterocycles. The lowest BCUT2D eigenvalue weighted by atomic mass is 10.1. The molecule has 3 N–H and O–H groups in total. The minimum absolute atomic E-state index is 0.381. The van der Waals surface area contributed by atoms with Gasteiger partial charge in [-0.15, -0.1) is 0 Å². The topological polar surface area (TPSA) is 58.4 Å². The van der Waals surface area contributed by atoms with Crippen LogP contribution in [0.2, 0.25) is 0 Å². The SMILES string of the molecule is CN1CCCC(Nc2ccc(C(N)=O)cc2)C1. The fourth-order valence-electron chi connectivity index (χ4n) is 2.25. The van der Waals surface area contributed by atoms with Gasteiger partial charge in [0.15, 0.2) is 0 Å². The fraction of sp³-hybridized carbons (Fsp3) is 0.462. The molecule has 2 rings (SSSR count). The van der Waals surface area contributed by atoms with E-state index in [1.54, 1.807) is 12.1 Å². The number of hydrogen-bond donors (Lipinski definition) is 2. The molecule has 1 atom stereocenters. The zero-order valence-corrected chi connectivity index (χ0v) is 10.1. The van der Waals surface area contributed by atoms with Gasteiger partial charge < -0.3 is 16.0 Å². The van der Waals surface area contributed by atoms with E-state index < -0.39 is 0 Å². The molecule has 1 aliphatic rings. The summed E-state index contributed by atoms with van der Waals surface area (Å²) in [5.41, 5.74) is 6.80. The van der Waals surface area contributed by atoms with Crippen LogP contribution in [0.1, 0.15) is 23.2 Å². The molecule has 1 amide bonds. The molecule has 1 fully saturated rings. The van der Waals surface area contributed by atoms with Crippen LogP contribution < -0.4 is 11.1 Å². The number of carbonyl (C=O) groups excluding carboxylic acids is 1. The molecular formula is C13H19N3O. The number of likely N-dealkylation sites (tertiary alicyclic amines) is 1. The highest BCUT2D eigenvalue weighted by atomic mass is 16.1. The summed E-state index contributed by atoms with van der Waals surface area (Å²) in [4.78, 5) is 13.3. The van der Waals surface area contributed by atoms with Gasteiger partial charge in [-0.3, -0.25) is 4.79 Å². The lowest BCUT2D eigenvalue weighted by molar-refractivity contribution is 0.100. The number of hydrogen-bond acceptors (Lipinski definition) is 3. The van der Waals surface area contributed by atoms with Crippen LogP contribution in [0.4, 0.5) is 5.69 Å². The van der Waals surface area contributed by atoms with Crippen LogP contribution in [0.3, 0.4) is 0 Å². The number of benzene rings is 1. The smallest absolute Gasteiger partial charge is 0.248 e. The molecule has 0 saturated carbocycles. The van der Waals surface area contributed by atoms with Crippen molar-refractivity contribution in [2.24, 2.45) is 5.73 Å². The second-order valence-corrected chi connectivity index (χ2v) is 4.69. The monoisotopic (exact) mass is 233 g/mol.